The highest BCUT2D eigenvalue weighted by Crippen LogP contribution is 2.21. The van der Waals surface area contributed by atoms with Crippen molar-refractivity contribution in [2.24, 2.45) is 7.05 Å². The highest BCUT2D eigenvalue weighted by atomic mass is 79.9. The molecule has 0 bridgehead atoms. The smallest absolute Gasteiger partial charge is 0.181 e. The molecule has 0 saturated heterocycles. The summed E-state index contributed by atoms with van der Waals surface area (Å²) in [7, 11) is 1.77. The van der Waals surface area contributed by atoms with Crippen LogP contribution < -0.4 is 0 Å². The molecular formula is C9H7BrFN3. The van der Waals surface area contributed by atoms with Gasteiger partial charge in [-0.2, -0.15) is 5.10 Å². The van der Waals surface area contributed by atoms with Crippen molar-refractivity contribution in [1.82, 2.24) is 14.8 Å². The van der Waals surface area contributed by atoms with Gasteiger partial charge >= 0.3 is 0 Å². The van der Waals surface area contributed by atoms with Crippen LogP contribution in [0.5, 0.6) is 0 Å². The van der Waals surface area contributed by atoms with Gasteiger partial charge in [-0.05, 0) is 18.2 Å². The molecule has 0 fully saturated rings. The molecule has 0 atom stereocenters. The van der Waals surface area contributed by atoms with Crippen molar-refractivity contribution in [3.05, 3.63) is 34.8 Å². The van der Waals surface area contributed by atoms with Crippen LogP contribution in [0, 0.1) is 5.82 Å². The molecular weight excluding hydrogens is 249 g/mol. The topological polar surface area (TPSA) is 30.7 Å². The van der Waals surface area contributed by atoms with E-state index in [2.05, 4.69) is 26.0 Å². The molecule has 0 N–H and O–H groups in total. The van der Waals surface area contributed by atoms with Crippen molar-refractivity contribution in [3.8, 4) is 11.4 Å². The van der Waals surface area contributed by atoms with Crippen molar-refractivity contribution in [3.63, 3.8) is 0 Å². The molecule has 1 aromatic heterocycles. The number of hydrogen-bond donors (Lipinski definition) is 0. The SMILES string of the molecule is Cn1cnc(-c2cc(F)cc(Br)c2)n1. The second-order valence-corrected chi connectivity index (χ2v) is 3.82. The zero-order valence-corrected chi connectivity index (χ0v) is 8.99. The van der Waals surface area contributed by atoms with E-state index in [1.54, 1.807) is 24.1 Å². The van der Waals surface area contributed by atoms with E-state index in [4.69, 9.17) is 0 Å². The van der Waals surface area contributed by atoms with Crippen molar-refractivity contribution in [2.75, 3.05) is 0 Å². The standard InChI is InChI=1S/C9H7BrFN3/c1-14-5-12-9(13-14)6-2-7(10)4-8(11)3-6/h2-5H,1H3. The van der Waals surface area contributed by atoms with Gasteiger partial charge in [0.15, 0.2) is 5.82 Å². The maximum atomic E-state index is 13.0. The van der Waals surface area contributed by atoms with Gasteiger partial charge in [-0.25, -0.2) is 9.37 Å². The summed E-state index contributed by atoms with van der Waals surface area (Å²) in [6, 6.07) is 4.57. The minimum absolute atomic E-state index is 0.304. The minimum atomic E-state index is -0.304. The van der Waals surface area contributed by atoms with Crippen molar-refractivity contribution >= 4 is 15.9 Å². The molecule has 0 saturated carbocycles. The predicted octanol–water partition coefficient (Wildman–Crippen LogP) is 2.38. The quantitative estimate of drug-likeness (QED) is 0.784. The lowest BCUT2D eigenvalue weighted by atomic mass is 10.2. The first-order chi connectivity index (χ1) is 6.65. The summed E-state index contributed by atoms with van der Waals surface area (Å²) >= 11 is 3.21. The fourth-order valence-electron chi connectivity index (χ4n) is 1.15. The molecule has 5 heteroatoms. The molecule has 2 aromatic rings. The summed E-state index contributed by atoms with van der Waals surface area (Å²) in [4.78, 5) is 4.03. The second kappa shape index (κ2) is 3.49. The van der Waals surface area contributed by atoms with Crippen LogP contribution in [0.4, 0.5) is 4.39 Å². The molecule has 1 heterocycles. The molecule has 0 unspecified atom stereocenters. The summed E-state index contributed by atoms with van der Waals surface area (Å²) in [6.45, 7) is 0. The molecule has 0 amide bonds. The normalized spacial score (nSPS) is 10.5. The van der Waals surface area contributed by atoms with Crippen LogP contribution in [0.1, 0.15) is 0 Å². The van der Waals surface area contributed by atoms with Crippen LogP contribution in [0.25, 0.3) is 11.4 Å². The van der Waals surface area contributed by atoms with E-state index < -0.39 is 0 Å². The molecule has 2 rings (SSSR count). The Morgan fingerprint density at radius 3 is 2.71 bits per heavy atom. The second-order valence-electron chi connectivity index (χ2n) is 2.90. The number of benzene rings is 1. The Balaban J connectivity index is 2.51. The van der Waals surface area contributed by atoms with Gasteiger partial charge in [-0.15, -0.1) is 0 Å². The minimum Gasteiger partial charge on any atom is -0.255 e. The molecule has 0 radical (unpaired) electrons. The van der Waals surface area contributed by atoms with Crippen molar-refractivity contribution in [2.45, 2.75) is 0 Å². The number of hydrogen-bond acceptors (Lipinski definition) is 2. The molecule has 72 valence electrons. The molecule has 3 nitrogen and oxygen atoms in total. The summed E-state index contributed by atoms with van der Waals surface area (Å²) in [5.41, 5.74) is 0.664. The fraction of sp³-hybridized carbons (Fsp3) is 0.111. The highest BCUT2D eigenvalue weighted by Gasteiger charge is 2.05. The van der Waals surface area contributed by atoms with E-state index in [1.807, 2.05) is 0 Å². The summed E-state index contributed by atoms with van der Waals surface area (Å²) in [5, 5.41) is 4.08. The highest BCUT2D eigenvalue weighted by molar-refractivity contribution is 9.10. The van der Waals surface area contributed by atoms with Gasteiger partial charge in [0.2, 0.25) is 0 Å². The van der Waals surface area contributed by atoms with Crippen LogP contribution in [0.2, 0.25) is 0 Å². The Labute approximate surface area is 88.7 Å². The first-order valence-corrected chi connectivity index (χ1v) is 4.76. The van der Waals surface area contributed by atoms with Crippen molar-refractivity contribution in [1.29, 1.82) is 0 Å². The Hall–Kier alpha value is -1.23. The maximum absolute atomic E-state index is 13.0. The van der Waals surface area contributed by atoms with Gasteiger partial charge in [0.1, 0.15) is 12.1 Å². The third kappa shape index (κ3) is 1.82. The van der Waals surface area contributed by atoms with E-state index in [1.165, 1.54) is 12.1 Å². The van der Waals surface area contributed by atoms with E-state index in [-0.39, 0.29) is 5.82 Å². The van der Waals surface area contributed by atoms with Gasteiger partial charge in [0.05, 0.1) is 0 Å². The number of nitrogens with zero attached hydrogens (tertiary/aromatic N) is 3. The molecule has 14 heavy (non-hydrogen) atoms. The molecule has 0 aliphatic heterocycles. The fourth-order valence-corrected chi connectivity index (χ4v) is 1.62. The van der Waals surface area contributed by atoms with Crippen LogP contribution >= 0.6 is 15.9 Å². The average Bonchev–Trinajstić information content (AvgIpc) is 2.50. The number of aromatic nitrogens is 3. The summed E-state index contributed by atoms with van der Waals surface area (Å²) in [6.07, 6.45) is 1.58. The van der Waals surface area contributed by atoms with E-state index in [0.717, 1.165) is 0 Å². The van der Waals surface area contributed by atoms with Crippen LogP contribution in [0.3, 0.4) is 0 Å². The van der Waals surface area contributed by atoms with Gasteiger partial charge in [0.25, 0.3) is 0 Å². The Bertz CT molecular complexity index is 447. The van der Waals surface area contributed by atoms with Gasteiger partial charge in [-0.3, -0.25) is 4.68 Å². The summed E-state index contributed by atoms with van der Waals surface area (Å²) < 4.78 is 15.3. The summed E-state index contributed by atoms with van der Waals surface area (Å²) in [5.74, 6) is 0.217. The van der Waals surface area contributed by atoms with Crippen molar-refractivity contribution < 1.29 is 4.39 Å². The number of halogens is 2. The maximum Gasteiger partial charge on any atom is 0.181 e. The molecule has 0 spiro atoms. The zero-order valence-electron chi connectivity index (χ0n) is 7.41. The largest absolute Gasteiger partial charge is 0.255 e. The lowest BCUT2D eigenvalue weighted by Crippen LogP contribution is -1.88. The molecule has 0 aliphatic carbocycles. The average molecular weight is 256 g/mol. The first kappa shape index (κ1) is 9.33. The lowest BCUT2D eigenvalue weighted by Gasteiger charge is -1.97. The zero-order chi connectivity index (χ0) is 10.1. The Morgan fingerprint density at radius 2 is 2.14 bits per heavy atom. The predicted molar refractivity (Wildman–Crippen MR) is 54.1 cm³/mol. The Morgan fingerprint density at radius 1 is 1.36 bits per heavy atom. The molecule has 0 aliphatic rings. The van der Waals surface area contributed by atoms with Crippen LogP contribution in [-0.4, -0.2) is 14.8 Å². The first-order valence-electron chi connectivity index (χ1n) is 3.97. The number of rotatable bonds is 1. The van der Waals surface area contributed by atoms with Gasteiger partial charge in [0, 0.05) is 17.1 Å². The monoisotopic (exact) mass is 255 g/mol. The van der Waals surface area contributed by atoms with Gasteiger partial charge in [-0.1, -0.05) is 15.9 Å². The lowest BCUT2D eigenvalue weighted by molar-refractivity contribution is 0.627. The third-order valence-corrected chi connectivity index (χ3v) is 2.18. The number of aryl methyl sites for hydroxylation is 1. The van der Waals surface area contributed by atoms with Crippen LogP contribution in [-0.2, 0) is 7.05 Å². The Kier molecular flexibility index (Phi) is 2.33. The van der Waals surface area contributed by atoms with E-state index in [9.17, 15) is 4.39 Å². The van der Waals surface area contributed by atoms with E-state index >= 15 is 0 Å². The molecule has 1 aromatic carbocycles. The van der Waals surface area contributed by atoms with Gasteiger partial charge < -0.3 is 0 Å². The van der Waals surface area contributed by atoms with E-state index in [0.29, 0.717) is 15.9 Å². The third-order valence-electron chi connectivity index (χ3n) is 1.72. The van der Waals surface area contributed by atoms with Crippen LogP contribution in [0.15, 0.2) is 29.0 Å².